The van der Waals surface area contributed by atoms with Crippen LogP contribution in [0.25, 0.3) is 0 Å². The van der Waals surface area contributed by atoms with E-state index >= 15 is 0 Å². The predicted molar refractivity (Wildman–Crippen MR) is 148 cm³/mol. The van der Waals surface area contributed by atoms with Gasteiger partial charge in [0.2, 0.25) is 11.4 Å². The molecule has 5 rings (SSSR count). The highest BCUT2D eigenvalue weighted by molar-refractivity contribution is 6.12. The van der Waals surface area contributed by atoms with Gasteiger partial charge in [0.05, 0.1) is 13.0 Å². The normalized spacial score (nSPS) is 21.4. The van der Waals surface area contributed by atoms with Crippen molar-refractivity contribution in [3.8, 4) is 0 Å². The van der Waals surface area contributed by atoms with Crippen LogP contribution in [0.4, 0.5) is 0 Å². The van der Waals surface area contributed by atoms with Crippen LogP contribution in [-0.4, -0.2) is 59.2 Å². The molecular formula is C31H29N3O9. The zero-order valence-electron chi connectivity index (χ0n) is 23.0. The van der Waals surface area contributed by atoms with Gasteiger partial charge in [-0.3, -0.25) is 19.2 Å². The molecule has 0 aromatic heterocycles. The van der Waals surface area contributed by atoms with Gasteiger partial charge in [0.15, 0.2) is 6.10 Å². The molecule has 2 amide bonds. The summed E-state index contributed by atoms with van der Waals surface area (Å²) >= 11 is 0. The third kappa shape index (κ3) is 5.83. The van der Waals surface area contributed by atoms with E-state index < -0.39 is 60.2 Å². The molecule has 2 aliphatic heterocycles. The van der Waals surface area contributed by atoms with E-state index in [1.807, 2.05) is 0 Å². The smallest absolute Gasteiger partial charge is 0.376 e. The largest absolute Gasteiger partial charge is 0.459 e. The lowest BCUT2D eigenvalue weighted by Crippen LogP contribution is -2.65. The van der Waals surface area contributed by atoms with E-state index in [0.29, 0.717) is 21.8 Å². The third-order valence-electron chi connectivity index (χ3n) is 7.09. The van der Waals surface area contributed by atoms with Gasteiger partial charge in [-0.15, -0.1) is 0 Å². The van der Waals surface area contributed by atoms with Crippen LogP contribution >= 0.6 is 0 Å². The second-order valence-electron chi connectivity index (χ2n) is 9.96. The number of esters is 3. The molecule has 3 aromatic carbocycles. The molecule has 2 saturated heterocycles. The Labute approximate surface area is 246 Å². The second kappa shape index (κ2) is 12.4. The van der Waals surface area contributed by atoms with E-state index in [9.17, 15) is 24.0 Å². The maximum Gasteiger partial charge on any atom is 0.376 e. The van der Waals surface area contributed by atoms with E-state index in [-0.39, 0.29) is 19.4 Å². The van der Waals surface area contributed by atoms with Crippen molar-refractivity contribution in [1.82, 2.24) is 10.4 Å². The van der Waals surface area contributed by atoms with Crippen molar-refractivity contribution < 1.29 is 43.0 Å². The van der Waals surface area contributed by atoms with Crippen molar-refractivity contribution in [2.45, 2.75) is 36.8 Å². The molecule has 12 heteroatoms. The first-order chi connectivity index (χ1) is 20.8. The number of carbonyl (C=O) groups excluding carboxylic acids is 5. The Morgan fingerprint density at radius 2 is 1.47 bits per heavy atom. The molecule has 43 heavy (non-hydrogen) atoms. The van der Waals surface area contributed by atoms with Crippen molar-refractivity contribution in [2.24, 2.45) is 5.73 Å². The molecule has 2 aliphatic rings. The SMILES string of the molecule is NCC(=O)N[C@@]1(C(=O)OCc2ccccc2)CON(C2(C(=O)OC(c3ccccc3)c3ccccc3)CCC(=O)O2)C1=O. The number of hydrogen-bond donors (Lipinski definition) is 2. The van der Waals surface area contributed by atoms with Crippen LogP contribution in [0.15, 0.2) is 91.0 Å². The van der Waals surface area contributed by atoms with Crippen molar-refractivity contribution >= 4 is 29.7 Å². The minimum Gasteiger partial charge on any atom is -0.459 e. The summed E-state index contributed by atoms with van der Waals surface area (Å²) < 4.78 is 16.8. The Morgan fingerprint density at radius 3 is 2.00 bits per heavy atom. The summed E-state index contributed by atoms with van der Waals surface area (Å²) in [5, 5.41) is 2.79. The maximum absolute atomic E-state index is 14.0. The number of hydrogen-bond acceptors (Lipinski definition) is 10. The van der Waals surface area contributed by atoms with Gasteiger partial charge < -0.3 is 25.3 Å². The zero-order valence-corrected chi connectivity index (χ0v) is 23.0. The highest BCUT2D eigenvalue weighted by Crippen LogP contribution is 2.39. The Bertz CT molecular complexity index is 1460. The summed E-state index contributed by atoms with van der Waals surface area (Å²) in [7, 11) is 0. The first-order valence-corrected chi connectivity index (χ1v) is 13.5. The molecule has 12 nitrogen and oxygen atoms in total. The van der Waals surface area contributed by atoms with Crippen LogP contribution < -0.4 is 11.1 Å². The number of amides is 2. The van der Waals surface area contributed by atoms with Gasteiger partial charge in [-0.2, -0.15) is 5.06 Å². The zero-order chi connectivity index (χ0) is 30.5. The fraction of sp³-hybridized carbons (Fsp3) is 0.258. The number of carbonyl (C=O) groups is 5. The Morgan fingerprint density at radius 1 is 0.884 bits per heavy atom. The molecule has 0 bridgehead atoms. The quantitative estimate of drug-likeness (QED) is 0.203. The van der Waals surface area contributed by atoms with Gasteiger partial charge in [0.25, 0.3) is 5.91 Å². The molecule has 0 spiro atoms. The van der Waals surface area contributed by atoms with Crippen LogP contribution in [0, 0.1) is 0 Å². The van der Waals surface area contributed by atoms with Crippen LogP contribution in [-0.2, 0) is 49.6 Å². The summed E-state index contributed by atoms with van der Waals surface area (Å²) in [6.45, 7) is -1.53. The number of nitrogens with zero attached hydrogens (tertiary/aromatic N) is 1. The first kappa shape index (κ1) is 29.4. The highest BCUT2D eigenvalue weighted by atomic mass is 16.8. The third-order valence-corrected chi connectivity index (χ3v) is 7.09. The van der Waals surface area contributed by atoms with Crippen molar-refractivity contribution in [3.63, 3.8) is 0 Å². The molecular weight excluding hydrogens is 558 g/mol. The fourth-order valence-corrected chi connectivity index (χ4v) is 4.86. The lowest BCUT2D eigenvalue weighted by molar-refractivity contribution is -0.260. The van der Waals surface area contributed by atoms with Crippen LogP contribution in [0.2, 0.25) is 0 Å². The van der Waals surface area contributed by atoms with E-state index in [4.69, 9.17) is 24.8 Å². The Hall–Kier alpha value is -5.07. The molecule has 2 atom stereocenters. The molecule has 0 aliphatic carbocycles. The van der Waals surface area contributed by atoms with E-state index in [1.54, 1.807) is 91.0 Å². The summed E-state index contributed by atoms with van der Waals surface area (Å²) in [4.78, 5) is 71.8. The standard InChI is InChI=1S/C31H29N3O9/c32-18-24(35)33-30(28(38)40-19-21-10-4-1-5-11-21)20-41-34(27(30)37)31(17-16-25(36)43-31)29(39)42-26(22-12-6-2-7-13-22)23-14-8-3-9-15-23/h1-15,26H,16-20,32H2,(H,33,35)/t30-,31?/m0/s1. The lowest BCUT2D eigenvalue weighted by Gasteiger charge is -2.34. The van der Waals surface area contributed by atoms with E-state index in [0.717, 1.165) is 0 Å². The van der Waals surface area contributed by atoms with Gasteiger partial charge in [-0.05, 0) is 16.7 Å². The van der Waals surface area contributed by atoms with Crippen molar-refractivity contribution in [1.29, 1.82) is 0 Å². The predicted octanol–water partition coefficient (Wildman–Crippen LogP) is 1.68. The van der Waals surface area contributed by atoms with Gasteiger partial charge in [0.1, 0.15) is 13.2 Å². The van der Waals surface area contributed by atoms with E-state index in [1.165, 1.54) is 0 Å². The molecule has 222 valence electrons. The van der Waals surface area contributed by atoms with Gasteiger partial charge in [-0.25, -0.2) is 9.59 Å². The molecule has 1 unspecified atom stereocenters. The van der Waals surface area contributed by atoms with Crippen LogP contribution in [0.3, 0.4) is 0 Å². The second-order valence-corrected chi connectivity index (χ2v) is 9.96. The summed E-state index contributed by atoms with van der Waals surface area (Å²) in [6.07, 6.45) is -1.52. The number of nitrogens with one attached hydrogen (secondary N) is 1. The average Bonchev–Trinajstić information content (AvgIpc) is 3.60. The monoisotopic (exact) mass is 587 g/mol. The number of rotatable bonds is 10. The molecule has 3 N–H and O–H groups in total. The molecule has 0 radical (unpaired) electrons. The average molecular weight is 588 g/mol. The minimum absolute atomic E-state index is 0.217. The van der Waals surface area contributed by atoms with Gasteiger partial charge in [0, 0.05) is 6.42 Å². The summed E-state index contributed by atoms with van der Waals surface area (Å²) in [6, 6.07) is 26.4. The maximum atomic E-state index is 14.0. The van der Waals surface area contributed by atoms with Crippen LogP contribution in [0.5, 0.6) is 0 Å². The Balaban J connectivity index is 1.46. The molecule has 3 aromatic rings. The Kier molecular flexibility index (Phi) is 8.51. The van der Waals surface area contributed by atoms with Gasteiger partial charge >= 0.3 is 23.6 Å². The first-order valence-electron chi connectivity index (χ1n) is 13.5. The fourth-order valence-electron chi connectivity index (χ4n) is 4.86. The minimum atomic E-state index is -2.41. The number of benzene rings is 3. The summed E-state index contributed by atoms with van der Waals surface area (Å²) in [5.41, 5.74) is 2.52. The molecule has 2 fully saturated rings. The highest BCUT2D eigenvalue weighted by Gasteiger charge is 2.67. The number of cyclic esters (lactones) is 1. The summed E-state index contributed by atoms with van der Waals surface area (Å²) in [5.74, 6) is -5.09. The number of nitrogens with two attached hydrogens (primary N) is 1. The van der Waals surface area contributed by atoms with Crippen LogP contribution in [0.1, 0.15) is 35.6 Å². The van der Waals surface area contributed by atoms with Gasteiger partial charge in [-0.1, -0.05) is 91.0 Å². The molecule has 2 heterocycles. The van der Waals surface area contributed by atoms with Crippen molar-refractivity contribution in [3.05, 3.63) is 108 Å². The number of ether oxygens (including phenoxy) is 3. The molecule has 0 saturated carbocycles. The number of hydroxylamine groups is 2. The van der Waals surface area contributed by atoms with Crippen molar-refractivity contribution in [2.75, 3.05) is 13.2 Å². The van der Waals surface area contributed by atoms with E-state index in [2.05, 4.69) is 5.32 Å². The topological polar surface area (TPSA) is 164 Å². The lowest BCUT2D eigenvalue weighted by atomic mass is 9.98.